The van der Waals surface area contributed by atoms with Gasteiger partial charge in [-0.2, -0.15) is 0 Å². The number of nitrogens with zero attached hydrogens (tertiary/aromatic N) is 5. The number of carbonyl (C=O) groups is 1. The number of benzene rings is 2. The number of hydrogen-bond acceptors (Lipinski definition) is 5. The van der Waals surface area contributed by atoms with Crippen LogP contribution in [0.25, 0.3) is 5.78 Å². The molecule has 0 saturated heterocycles. The van der Waals surface area contributed by atoms with Gasteiger partial charge in [-0.1, -0.05) is 48.2 Å². The van der Waals surface area contributed by atoms with Gasteiger partial charge in [-0.3, -0.25) is 14.1 Å². The lowest BCUT2D eigenvalue weighted by Crippen LogP contribution is -2.28. The van der Waals surface area contributed by atoms with E-state index in [9.17, 15) is 4.79 Å². The summed E-state index contributed by atoms with van der Waals surface area (Å²) in [5.74, 6) is 0.848. The van der Waals surface area contributed by atoms with Crippen LogP contribution in [0.2, 0.25) is 0 Å². The molecule has 30 heavy (non-hydrogen) atoms. The minimum absolute atomic E-state index is 0.0243. The molecule has 0 bridgehead atoms. The zero-order chi connectivity index (χ0) is 20.7. The Morgan fingerprint density at radius 2 is 1.60 bits per heavy atom. The standard InChI is InChI=1S/C23H21N5OS/c1-15-13-16(2)27-22(24-15)25-26-23(27)30-14-21(29)28-19-9-5-3-7-17(19)11-12-18-8-4-6-10-20(18)28/h3-10,13H,11-12,14H2,1-2H3. The van der Waals surface area contributed by atoms with Crippen LogP contribution in [-0.2, 0) is 17.6 Å². The molecule has 6 nitrogen and oxygen atoms in total. The van der Waals surface area contributed by atoms with Crippen molar-refractivity contribution in [2.75, 3.05) is 10.7 Å². The molecule has 0 aliphatic carbocycles. The number of rotatable bonds is 3. The first kappa shape index (κ1) is 18.8. The minimum atomic E-state index is 0.0243. The van der Waals surface area contributed by atoms with Crippen LogP contribution in [0.3, 0.4) is 0 Å². The van der Waals surface area contributed by atoms with E-state index in [1.165, 1.54) is 22.9 Å². The van der Waals surface area contributed by atoms with Gasteiger partial charge >= 0.3 is 0 Å². The predicted octanol–water partition coefficient (Wildman–Crippen LogP) is 4.30. The molecule has 7 heteroatoms. The summed E-state index contributed by atoms with van der Waals surface area (Å²) in [5.41, 5.74) is 6.21. The van der Waals surface area contributed by atoms with Crippen LogP contribution in [0.15, 0.2) is 59.8 Å². The monoisotopic (exact) mass is 415 g/mol. The van der Waals surface area contributed by atoms with Gasteiger partial charge in [-0.05, 0) is 56.0 Å². The number of aryl methyl sites for hydroxylation is 4. The number of hydrogen-bond donors (Lipinski definition) is 0. The van der Waals surface area contributed by atoms with E-state index in [0.717, 1.165) is 35.6 Å². The molecular formula is C23H21N5OS. The third-order valence-corrected chi connectivity index (χ3v) is 6.28. The lowest BCUT2D eigenvalue weighted by molar-refractivity contribution is -0.115. The number of anilines is 2. The summed E-state index contributed by atoms with van der Waals surface area (Å²) < 4.78 is 1.90. The molecule has 1 aliphatic heterocycles. The van der Waals surface area contributed by atoms with E-state index in [0.29, 0.717) is 10.9 Å². The van der Waals surface area contributed by atoms with Crippen LogP contribution in [0.1, 0.15) is 22.5 Å². The van der Waals surface area contributed by atoms with E-state index in [1.54, 1.807) is 0 Å². The predicted molar refractivity (Wildman–Crippen MR) is 118 cm³/mol. The summed E-state index contributed by atoms with van der Waals surface area (Å²) in [5, 5.41) is 9.12. The lowest BCUT2D eigenvalue weighted by Gasteiger charge is -2.24. The molecule has 0 N–H and O–H groups in total. The average Bonchev–Trinajstić information content (AvgIpc) is 3.07. The second-order valence-electron chi connectivity index (χ2n) is 7.43. The molecule has 1 amide bonds. The topological polar surface area (TPSA) is 63.4 Å². The molecule has 1 aliphatic rings. The van der Waals surface area contributed by atoms with Crippen molar-refractivity contribution in [3.63, 3.8) is 0 Å². The third-order valence-electron chi connectivity index (χ3n) is 5.37. The van der Waals surface area contributed by atoms with E-state index >= 15 is 0 Å². The number of aromatic nitrogens is 4. The quantitative estimate of drug-likeness (QED) is 0.467. The number of thioether (sulfide) groups is 1. The van der Waals surface area contributed by atoms with Crippen LogP contribution in [0.4, 0.5) is 11.4 Å². The maximum absolute atomic E-state index is 13.5. The summed E-state index contributed by atoms with van der Waals surface area (Å²) in [6, 6.07) is 18.3. The van der Waals surface area contributed by atoms with Crippen molar-refractivity contribution < 1.29 is 4.79 Å². The molecule has 5 rings (SSSR count). The van der Waals surface area contributed by atoms with Gasteiger partial charge in [0.25, 0.3) is 5.78 Å². The van der Waals surface area contributed by atoms with Crippen molar-refractivity contribution in [1.29, 1.82) is 0 Å². The molecule has 2 aromatic carbocycles. The first-order chi connectivity index (χ1) is 14.6. The molecule has 3 heterocycles. The Hall–Kier alpha value is -3.19. The number of fused-ring (bicyclic) bond motifs is 3. The molecule has 0 saturated carbocycles. The summed E-state index contributed by atoms with van der Waals surface area (Å²) in [7, 11) is 0. The van der Waals surface area contributed by atoms with Crippen LogP contribution >= 0.6 is 11.8 Å². The second-order valence-corrected chi connectivity index (χ2v) is 8.37. The molecular weight excluding hydrogens is 394 g/mol. The highest BCUT2D eigenvalue weighted by atomic mass is 32.2. The Morgan fingerprint density at radius 3 is 2.27 bits per heavy atom. The van der Waals surface area contributed by atoms with Gasteiger partial charge in [0.2, 0.25) is 5.91 Å². The molecule has 0 unspecified atom stereocenters. The van der Waals surface area contributed by atoms with Crippen molar-refractivity contribution in [1.82, 2.24) is 19.6 Å². The van der Waals surface area contributed by atoms with Crippen molar-refractivity contribution in [3.8, 4) is 0 Å². The fraction of sp³-hybridized carbons (Fsp3) is 0.217. The Balaban J connectivity index is 1.48. The average molecular weight is 416 g/mol. The highest BCUT2D eigenvalue weighted by Gasteiger charge is 2.26. The number of carbonyl (C=O) groups excluding carboxylic acids is 1. The molecule has 0 atom stereocenters. The summed E-state index contributed by atoms with van der Waals surface area (Å²) in [6.07, 6.45) is 1.84. The zero-order valence-corrected chi connectivity index (χ0v) is 17.7. The van der Waals surface area contributed by atoms with Crippen LogP contribution in [0, 0.1) is 13.8 Å². The van der Waals surface area contributed by atoms with E-state index in [-0.39, 0.29) is 11.7 Å². The summed E-state index contributed by atoms with van der Waals surface area (Å²) >= 11 is 1.39. The van der Waals surface area contributed by atoms with Crippen molar-refractivity contribution >= 4 is 34.8 Å². The highest BCUT2D eigenvalue weighted by Crippen LogP contribution is 2.36. The smallest absolute Gasteiger partial charge is 0.256 e. The fourth-order valence-electron chi connectivity index (χ4n) is 4.03. The van der Waals surface area contributed by atoms with Gasteiger partial charge in [0.05, 0.1) is 17.1 Å². The highest BCUT2D eigenvalue weighted by molar-refractivity contribution is 7.99. The maximum Gasteiger partial charge on any atom is 0.256 e. The molecule has 4 aromatic rings. The van der Waals surface area contributed by atoms with E-state index < -0.39 is 0 Å². The Bertz CT molecular complexity index is 1220. The van der Waals surface area contributed by atoms with E-state index in [1.807, 2.05) is 65.6 Å². The van der Waals surface area contributed by atoms with Gasteiger partial charge < -0.3 is 0 Å². The first-order valence-electron chi connectivity index (χ1n) is 9.93. The van der Waals surface area contributed by atoms with Gasteiger partial charge in [0.15, 0.2) is 5.16 Å². The fourth-order valence-corrected chi connectivity index (χ4v) is 4.87. The first-order valence-corrected chi connectivity index (χ1v) is 10.9. The molecule has 0 spiro atoms. The SMILES string of the molecule is Cc1cc(C)n2c(SCC(=O)N3c4ccccc4CCc4ccccc43)nnc2n1. The van der Waals surface area contributed by atoms with Crippen LogP contribution in [-0.4, -0.2) is 31.2 Å². The van der Waals surface area contributed by atoms with Gasteiger partial charge in [-0.25, -0.2) is 4.98 Å². The molecule has 150 valence electrons. The Labute approximate surface area is 179 Å². The van der Waals surface area contributed by atoms with Gasteiger partial charge in [-0.15, -0.1) is 10.2 Å². The number of para-hydroxylation sites is 2. The second kappa shape index (κ2) is 7.57. The third kappa shape index (κ3) is 3.25. The summed E-state index contributed by atoms with van der Waals surface area (Å²) in [4.78, 5) is 19.8. The molecule has 0 radical (unpaired) electrons. The van der Waals surface area contributed by atoms with Crippen LogP contribution < -0.4 is 4.90 Å². The number of amides is 1. The van der Waals surface area contributed by atoms with Crippen molar-refractivity contribution in [3.05, 3.63) is 77.1 Å². The minimum Gasteiger partial charge on any atom is -0.280 e. The Morgan fingerprint density at radius 1 is 0.967 bits per heavy atom. The Kier molecular flexibility index (Phi) is 4.75. The zero-order valence-electron chi connectivity index (χ0n) is 16.9. The molecule has 2 aromatic heterocycles. The van der Waals surface area contributed by atoms with Crippen molar-refractivity contribution in [2.24, 2.45) is 0 Å². The maximum atomic E-state index is 13.5. The van der Waals surface area contributed by atoms with Crippen LogP contribution in [0.5, 0.6) is 0 Å². The normalized spacial score (nSPS) is 13.1. The van der Waals surface area contributed by atoms with E-state index in [4.69, 9.17) is 0 Å². The molecule has 0 fully saturated rings. The van der Waals surface area contributed by atoms with E-state index in [2.05, 4.69) is 27.3 Å². The van der Waals surface area contributed by atoms with Gasteiger partial charge in [0, 0.05) is 11.4 Å². The van der Waals surface area contributed by atoms with Gasteiger partial charge in [0.1, 0.15) is 0 Å². The largest absolute Gasteiger partial charge is 0.280 e. The van der Waals surface area contributed by atoms with Crippen molar-refractivity contribution in [2.45, 2.75) is 31.8 Å². The lowest BCUT2D eigenvalue weighted by atomic mass is 10.0. The summed E-state index contributed by atoms with van der Waals surface area (Å²) in [6.45, 7) is 3.93.